The van der Waals surface area contributed by atoms with Crippen LogP contribution in [0, 0.1) is 15.9 Å². The number of non-ortho nitro benzene ring substituents is 1. The number of amides is 1. The van der Waals surface area contributed by atoms with E-state index in [2.05, 4.69) is 5.32 Å². The standard InChI is InChI=1S/C18H17FN2O5/c1-11(13-3-7-15(19)8-4-13)20-17(22)12(2)26-18(23)14-5-9-16(10-6-14)21(24)25/h3-12H,1-2H3,(H,20,22)/t11-,12-/m0/s1. The van der Waals surface area contributed by atoms with Gasteiger partial charge in [-0.1, -0.05) is 12.1 Å². The highest BCUT2D eigenvalue weighted by atomic mass is 19.1. The van der Waals surface area contributed by atoms with E-state index >= 15 is 0 Å². The van der Waals surface area contributed by atoms with E-state index in [4.69, 9.17) is 4.74 Å². The van der Waals surface area contributed by atoms with E-state index in [9.17, 15) is 24.1 Å². The van der Waals surface area contributed by atoms with Gasteiger partial charge in [-0.25, -0.2) is 9.18 Å². The number of nitrogens with zero attached hydrogens (tertiary/aromatic N) is 1. The van der Waals surface area contributed by atoms with E-state index in [1.54, 1.807) is 19.1 Å². The van der Waals surface area contributed by atoms with E-state index in [1.165, 1.54) is 43.3 Å². The number of hydrogen-bond acceptors (Lipinski definition) is 5. The van der Waals surface area contributed by atoms with Crippen LogP contribution in [0.25, 0.3) is 0 Å². The van der Waals surface area contributed by atoms with Gasteiger partial charge in [0.1, 0.15) is 5.82 Å². The number of ether oxygens (including phenoxy) is 1. The van der Waals surface area contributed by atoms with Crippen LogP contribution in [-0.2, 0) is 9.53 Å². The van der Waals surface area contributed by atoms with E-state index in [1.807, 2.05) is 0 Å². The molecule has 2 atom stereocenters. The summed E-state index contributed by atoms with van der Waals surface area (Å²) >= 11 is 0. The molecule has 1 N–H and O–H groups in total. The topological polar surface area (TPSA) is 98.5 Å². The van der Waals surface area contributed by atoms with Crippen LogP contribution < -0.4 is 5.32 Å². The highest BCUT2D eigenvalue weighted by Gasteiger charge is 2.21. The molecule has 0 radical (unpaired) electrons. The molecule has 0 spiro atoms. The zero-order valence-corrected chi connectivity index (χ0v) is 14.1. The number of nitro benzene ring substituents is 1. The molecular weight excluding hydrogens is 343 g/mol. The quantitative estimate of drug-likeness (QED) is 0.485. The number of carbonyl (C=O) groups is 2. The summed E-state index contributed by atoms with van der Waals surface area (Å²) in [4.78, 5) is 34.2. The number of halogens is 1. The van der Waals surface area contributed by atoms with Gasteiger partial charge in [-0.05, 0) is 43.7 Å². The average molecular weight is 360 g/mol. The number of nitrogens with one attached hydrogen (secondary N) is 1. The van der Waals surface area contributed by atoms with Crippen LogP contribution in [0.1, 0.15) is 35.8 Å². The van der Waals surface area contributed by atoms with Gasteiger partial charge in [0.15, 0.2) is 6.10 Å². The number of esters is 1. The first-order chi connectivity index (χ1) is 12.3. The molecule has 7 nitrogen and oxygen atoms in total. The largest absolute Gasteiger partial charge is 0.449 e. The van der Waals surface area contributed by atoms with Crippen molar-refractivity contribution in [1.82, 2.24) is 5.32 Å². The van der Waals surface area contributed by atoms with E-state index in [-0.39, 0.29) is 17.1 Å². The van der Waals surface area contributed by atoms with Crippen molar-refractivity contribution in [1.29, 1.82) is 0 Å². The molecule has 136 valence electrons. The third-order valence-electron chi connectivity index (χ3n) is 3.70. The predicted octanol–water partition coefficient (Wildman–Crippen LogP) is 3.16. The Morgan fingerprint density at radius 3 is 2.19 bits per heavy atom. The lowest BCUT2D eigenvalue weighted by atomic mass is 10.1. The molecule has 2 aromatic rings. The highest BCUT2D eigenvalue weighted by Crippen LogP contribution is 2.15. The summed E-state index contributed by atoms with van der Waals surface area (Å²) in [5, 5.41) is 13.3. The van der Waals surface area contributed by atoms with E-state index in [0.717, 1.165) is 0 Å². The van der Waals surface area contributed by atoms with Crippen LogP contribution in [0.2, 0.25) is 0 Å². The van der Waals surface area contributed by atoms with Crippen molar-refractivity contribution in [3.05, 3.63) is 75.6 Å². The van der Waals surface area contributed by atoms with Crippen LogP contribution in [0.3, 0.4) is 0 Å². The number of rotatable bonds is 6. The molecule has 0 aromatic heterocycles. The van der Waals surface area contributed by atoms with Gasteiger partial charge < -0.3 is 10.1 Å². The minimum Gasteiger partial charge on any atom is -0.449 e. The van der Waals surface area contributed by atoms with Crippen molar-refractivity contribution in [2.24, 2.45) is 0 Å². The van der Waals surface area contributed by atoms with Crippen LogP contribution in [0.4, 0.5) is 10.1 Å². The first kappa shape index (κ1) is 19.0. The molecule has 0 bridgehead atoms. The molecule has 0 aliphatic rings. The van der Waals surface area contributed by atoms with Crippen molar-refractivity contribution >= 4 is 17.6 Å². The predicted molar refractivity (Wildman–Crippen MR) is 90.9 cm³/mol. The lowest BCUT2D eigenvalue weighted by Crippen LogP contribution is -2.37. The summed E-state index contributed by atoms with van der Waals surface area (Å²) in [7, 11) is 0. The number of hydrogen-bond donors (Lipinski definition) is 1. The molecule has 0 heterocycles. The molecule has 8 heteroatoms. The van der Waals surface area contributed by atoms with Crippen LogP contribution in [0.15, 0.2) is 48.5 Å². The smallest absolute Gasteiger partial charge is 0.338 e. The normalized spacial score (nSPS) is 12.7. The molecule has 0 unspecified atom stereocenters. The van der Waals surface area contributed by atoms with Crippen LogP contribution in [0.5, 0.6) is 0 Å². The Hall–Kier alpha value is -3.29. The van der Waals surface area contributed by atoms with Gasteiger partial charge in [0.25, 0.3) is 11.6 Å². The second-order valence-corrected chi connectivity index (χ2v) is 5.63. The van der Waals surface area contributed by atoms with Crippen molar-refractivity contribution in [3.63, 3.8) is 0 Å². The molecule has 26 heavy (non-hydrogen) atoms. The Morgan fingerprint density at radius 1 is 1.08 bits per heavy atom. The molecule has 2 aromatic carbocycles. The summed E-state index contributed by atoms with van der Waals surface area (Å²) in [5.41, 5.74) is 0.649. The Balaban J connectivity index is 1.94. The lowest BCUT2D eigenvalue weighted by Gasteiger charge is -2.18. The van der Waals surface area contributed by atoms with Gasteiger partial charge in [0.2, 0.25) is 0 Å². The Labute approximate surface area is 148 Å². The maximum atomic E-state index is 12.9. The number of carbonyl (C=O) groups excluding carboxylic acids is 2. The fourth-order valence-electron chi connectivity index (χ4n) is 2.17. The average Bonchev–Trinajstić information content (AvgIpc) is 2.62. The molecule has 0 fully saturated rings. The van der Waals surface area contributed by atoms with Gasteiger partial charge in [-0.3, -0.25) is 14.9 Å². The Bertz CT molecular complexity index is 805. The summed E-state index contributed by atoms with van der Waals surface area (Å²) in [6.45, 7) is 3.13. The molecule has 0 aliphatic heterocycles. The van der Waals surface area contributed by atoms with E-state index < -0.39 is 28.9 Å². The van der Waals surface area contributed by atoms with Gasteiger partial charge in [-0.2, -0.15) is 0 Å². The molecule has 0 aliphatic carbocycles. The maximum Gasteiger partial charge on any atom is 0.338 e. The fraction of sp³-hybridized carbons (Fsp3) is 0.222. The monoisotopic (exact) mass is 360 g/mol. The summed E-state index contributed by atoms with van der Waals surface area (Å²) in [5.74, 6) is -1.66. The molecular formula is C18H17FN2O5. The first-order valence-corrected chi connectivity index (χ1v) is 7.79. The number of nitro groups is 1. The van der Waals surface area contributed by atoms with Gasteiger partial charge in [0.05, 0.1) is 16.5 Å². The van der Waals surface area contributed by atoms with Crippen molar-refractivity contribution in [3.8, 4) is 0 Å². The minimum atomic E-state index is -1.07. The molecule has 0 saturated carbocycles. The highest BCUT2D eigenvalue weighted by molar-refractivity contribution is 5.92. The van der Waals surface area contributed by atoms with Crippen LogP contribution >= 0.6 is 0 Å². The van der Waals surface area contributed by atoms with Crippen molar-refractivity contribution < 1.29 is 23.6 Å². The lowest BCUT2D eigenvalue weighted by molar-refractivity contribution is -0.384. The number of benzene rings is 2. The summed E-state index contributed by atoms with van der Waals surface area (Å²) < 4.78 is 18.0. The van der Waals surface area contributed by atoms with Gasteiger partial charge in [0, 0.05) is 12.1 Å². The van der Waals surface area contributed by atoms with E-state index in [0.29, 0.717) is 5.56 Å². The second kappa shape index (κ2) is 8.19. The molecule has 0 saturated heterocycles. The molecule has 1 amide bonds. The van der Waals surface area contributed by atoms with Gasteiger partial charge in [-0.15, -0.1) is 0 Å². The fourth-order valence-corrected chi connectivity index (χ4v) is 2.17. The third kappa shape index (κ3) is 4.85. The SMILES string of the molecule is C[C@H](OC(=O)c1ccc([N+](=O)[O-])cc1)C(=O)N[C@@H](C)c1ccc(F)cc1. The Kier molecular flexibility index (Phi) is 6.00. The summed E-state index contributed by atoms with van der Waals surface area (Å²) in [6.07, 6.45) is -1.07. The van der Waals surface area contributed by atoms with Crippen LogP contribution in [-0.4, -0.2) is 22.9 Å². The van der Waals surface area contributed by atoms with Crippen molar-refractivity contribution in [2.45, 2.75) is 26.0 Å². The molecule has 2 rings (SSSR count). The third-order valence-corrected chi connectivity index (χ3v) is 3.70. The zero-order valence-electron chi connectivity index (χ0n) is 14.1. The minimum absolute atomic E-state index is 0.0989. The van der Waals surface area contributed by atoms with Gasteiger partial charge >= 0.3 is 5.97 Å². The Morgan fingerprint density at radius 2 is 1.65 bits per heavy atom. The zero-order chi connectivity index (χ0) is 19.3. The first-order valence-electron chi connectivity index (χ1n) is 7.79. The maximum absolute atomic E-state index is 12.9. The van der Waals surface area contributed by atoms with Crippen molar-refractivity contribution in [2.75, 3.05) is 0 Å². The summed E-state index contributed by atoms with van der Waals surface area (Å²) in [6, 6.07) is 10.1. The second-order valence-electron chi connectivity index (χ2n) is 5.63.